The van der Waals surface area contributed by atoms with E-state index in [4.69, 9.17) is 0 Å². The molecule has 0 unspecified atom stereocenters. The van der Waals surface area contributed by atoms with Gasteiger partial charge < -0.3 is 15.3 Å². The van der Waals surface area contributed by atoms with E-state index in [1.807, 2.05) is 20.2 Å². The van der Waals surface area contributed by atoms with Crippen LogP contribution in [0.4, 0.5) is 10.5 Å². The van der Waals surface area contributed by atoms with E-state index in [9.17, 15) is 9.90 Å². The van der Waals surface area contributed by atoms with Crippen molar-refractivity contribution in [3.05, 3.63) is 11.9 Å². The van der Waals surface area contributed by atoms with Crippen LogP contribution in [0.2, 0.25) is 0 Å². The monoisotopic (exact) mass is 280 g/mol. The minimum absolute atomic E-state index is 0.135. The molecule has 1 fully saturated rings. The summed E-state index contributed by atoms with van der Waals surface area (Å²) in [6.07, 6.45) is 4.34. The maximum Gasteiger partial charge on any atom is 0.322 e. The minimum atomic E-state index is -0.879. The van der Waals surface area contributed by atoms with Crippen molar-refractivity contribution in [2.24, 2.45) is 7.05 Å². The van der Waals surface area contributed by atoms with E-state index in [1.165, 1.54) is 0 Å². The lowest BCUT2D eigenvalue weighted by Gasteiger charge is -2.33. The summed E-state index contributed by atoms with van der Waals surface area (Å²) >= 11 is 0. The molecule has 2 rings (SSSR count). The van der Waals surface area contributed by atoms with Gasteiger partial charge in [0.15, 0.2) is 0 Å². The molecule has 20 heavy (non-hydrogen) atoms. The molecule has 1 saturated heterocycles. The number of aliphatic hydroxyl groups is 1. The number of hydrogen-bond donors (Lipinski definition) is 2. The highest BCUT2D eigenvalue weighted by Crippen LogP contribution is 2.27. The lowest BCUT2D eigenvalue weighted by Crippen LogP contribution is -2.49. The SMILES string of the molecule is CCc1nn(C)cc1NC(=O)N1CCC[C@H]1C(C)(C)O. The Kier molecular flexibility index (Phi) is 4.04. The molecular formula is C14H24N4O2. The summed E-state index contributed by atoms with van der Waals surface area (Å²) in [6, 6.07) is -0.290. The third-order valence-corrected chi connectivity index (χ3v) is 3.81. The highest BCUT2D eigenvalue weighted by molar-refractivity contribution is 5.90. The second kappa shape index (κ2) is 5.44. The maximum absolute atomic E-state index is 12.4. The van der Waals surface area contributed by atoms with Gasteiger partial charge in [-0.05, 0) is 33.1 Å². The average Bonchev–Trinajstić information content (AvgIpc) is 2.94. The molecule has 1 aliphatic rings. The zero-order valence-corrected chi connectivity index (χ0v) is 12.7. The van der Waals surface area contributed by atoms with E-state index < -0.39 is 5.60 Å². The van der Waals surface area contributed by atoms with Gasteiger partial charge in [0.25, 0.3) is 0 Å². The fourth-order valence-electron chi connectivity index (χ4n) is 2.83. The van der Waals surface area contributed by atoms with Crippen LogP contribution in [0, 0.1) is 0 Å². The highest BCUT2D eigenvalue weighted by atomic mass is 16.3. The lowest BCUT2D eigenvalue weighted by atomic mass is 9.97. The van der Waals surface area contributed by atoms with Gasteiger partial charge in [-0.1, -0.05) is 6.92 Å². The molecule has 0 radical (unpaired) electrons. The number of aromatic nitrogens is 2. The zero-order valence-electron chi connectivity index (χ0n) is 12.7. The highest BCUT2D eigenvalue weighted by Gasteiger charge is 2.38. The third kappa shape index (κ3) is 2.95. The van der Waals surface area contributed by atoms with Crippen LogP contribution in [-0.2, 0) is 13.5 Å². The number of amides is 2. The van der Waals surface area contributed by atoms with E-state index in [-0.39, 0.29) is 12.1 Å². The molecule has 2 amide bonds. The van der Waals surface area contributed by atoms with Crippen molar-refractivity contribution in [2.75, 3.05) is 11.9 Å². The molecule has 0 aromatic carbocycles. The predicted molar refractivity (Wildman–Crippen MR) is 77.6 cm³/mol. The van der Waals surface area contributed by atoms with Crippen molar-refractivity contribution in [1.29, 1.82) is 0 Å². The number of nitrogens with one attached hydrogen (secondary N) is 1. The maximum atomic E-state index is 12.4. The molecule has 2 heterocycles. The second-order valence-corrected chi connectivity index (χ2v) is 5.95. The number of aryl methyl sites for hydroxylation is 2. The molecular weight excluding hydrogens is 256 g/mol. The molecule has 2 N–H and O–H groups in total. The van der Waals surface area contributed by atoms with Gasteiger partial charge in [-0.2, -0.15) is 5.10 Å². The molecule has 6 heteroatoms. The zero-order chi connectivity index (χ0) is 14.9. The number of rotatable bonds is 3. The Labute approximate surface area is 119 Å². The number of hydrogen-bond acceptors (Lipinski definition) is 3. The first-order valence-electron chi connectivity index (χ1n) is 7.15. The minimum Gasteiger partial charge on any atom is -0.388 e. The van der Waals surface area contributed by atoms with Crippen molar-refractivity contribution in [1.82, 2.24) is 14.7 Å². The summed E-state index contributed by atoms with van der Waals surface area (Å²) in [5.41, 5.74) is 0.748. The Morgan fingerprint density at radius 2 is 2.30 bits per heavy atom. The van der Waals surface area contributed by atoms with Crippen LogP contribution in [0.15, 0.2) is 6.20 Å². The number of urea groups is 1. The van der Waals surface area contributed by atoms with Crippen LogP contribution in [0.5, 0.6) is 0 Å². The molecule has 0 saturated carbocycles. The van der Waals surface area contributed by atoms with Crippen LogP contribution in [0.3, 0.4) is 0 Å². The number of anilines is 1. The largest absolute Gasteiger partial charge is 0.388 e. The molecule has 112 valence electrons. The Morgan fingerprint density at radius 3 is 2.90 bits per heavy atom. The van der Waals surface area contributed by atoms with Crippen LogP contribution in [0.1, 0.15) is 39.3 Å². The van der Waals surface area contributed by atoms with Gasteiger partial charge in [0.1, 0.15) is 0 Å². The van der Waals surface area contributed by atoms with Crippen molar-refractivity contribution in [2.45, 2.75) is 51.7 Å². The number of carbonyl (C=O) groups excluding carboxylic acids is 1. The third-order valence-electron chi connectivity index (χ3n) is 3.81. The normalized spacial score (nSPS) is 19.4. The summed E-state index contributed by atoms with van der Waals surface area (Å²) in [7, 11) is 1.84. The molecule has 0 aliphatic carbocycles. The topological polar surface area (TPSA) is 70.4 Å². The fraction of sp³-hybridized carbons (Fsp3) is 0.714. The van der Waals surface area contributed by atoms with Crippen LogP contribution < -0.4 is 5.32 Å². The second-order valence-electron chi connectivity index (χ2n) is 5.95. The van der Waals surface area contributed by atoms with Gasteiger partial charge >= 0.3 is 6.03 Å². The van der Waals surface area contributed by atoms with Gasteiger partial charge in [0.05, 0.1) is 23.0 Å². The average molecular weight is 280 g/mol. The summed E-state index contributed by atoms with van der Waals surface area (Å²) in [6.45, 7) is 6.20. The number of nitrogens with zero attached hydrogens (tertiary/aromatic N) is 3. The van der Waals surface area contributed by atoms with Gasteiger partial charge in [-0.25, -0.2) is 4.79 Å². The molecule has 6 nitrogen and oxygen atoms in total. The van der Waals surface area contributed by atoms with E-state index in [2.05, 4.69) is 10.4 Å². The first-order chi connectivity index (χ1) is 9.32. The number of likely N-dealkylation sites (tertiary alicyclic amines) is 1. The van der Waals surface area contributed by atoms with E-state index in [0.717, 1.165) is 30.6 Å². The van der Waals surface area contributed by atoms with Gasteiger partial charge in [0.2, 0.25) is 0 Å². The first kappa shape index (κ1) is 14.8. The van der Waals surface area contributed by atoms with E-state index >= 15 is 0 Å². The standard InChI is InChI=1S/C14H24N4O2/c1-5-10-11(9-17(4)16-10)15-13(19)18-8-6-7-12(18)14(2,3)20/h9,12,20H,5-8H2,1-4H3,(H,15,19)/t12-/m0/s1. The summed E-state index contributed by atoms with van der Waals surface area (Å²) in [5.74, 6) is 0. The molecule has 0 spiro atoms. The molecule has 1 aromatic rings. The molecule has 1 aromatic heterocycles. The van der Waals surface area contributed by atoms with Crippen molar-refractivity contribution >= 4 is 11.7 Å². The fourth-order valence-corrected chi connectivity index (χ4v) is 2.83. The van der Waals surface area contributed by atoms with Gasteiger partial charge in [-0.15, -0.1) is 0 Å². The predicted octanol–water partition coefficient (Wildman–Crippen LogP) is 1.75. The number of carbonyl (C=O) groups is 1. The van der Waals surface area contributed by atoms with Gasteiger partial charge in [-0.3, -0.25) is 4.68 Å². The Hall–Kier alpha value is -1.56. The molecule has 1 atom stereocenters. The van der Waals surface area contributed by atoms with Crippen molar-refractivity contribution in [3.63, 3.8) is 0 Å². The Morgan fingerprint density at radius 1 is 1.60 bits per heavy atom. The van der Waals surface area contributed by atoms with Crippen LogP contribution in [0.25, 0.3) is 0 Å². The van der Waals surface area contributed by atoms with Crippen LogP contribution >= 0.6 is 0 Å². The van der Waals surface area contributed by atoms with E-state index in [0.29, 0.717) is 6.54 Å². The first-order valence-corrected chi connectivity index (χ1v) is 7.15. The quantitative estimate of drug-likeness (QED) is 0.886. The van der Waals surface area contributed by atoms with Crippen LogP contribution in [-0.4, -0.2) is 44.0 Å². The summed E-state index contributed by atoms with van der Waals surface area (Å²) < 4.78 is 1.70. The Balaban J connectivity index is 2.11. The van der Waals surface area contributed by atoms with Crippen molar-refractivity contribution < 1.29 is 9.90 Å². The lowest BCUT2D eigenvalue weighted by molar-refractivity contribution is 0.0117. The molecule has 0 bridgehead atoms. The Bertz CT molecular complexity index is 490. The van der Waals surface area contributed by atoms with E-state index in [1.54, 1.807) is 23.4 Å². The smallest absolute Gasteiger partial charge is 0.322 e. The summed E-state index contributed by atoms with van der Waals surface area (Å²) in [4.78, 5) is 14.1. The molecule has 1 aliphatic heterocycles. The summed E-state index contributed by atoms with van der Waals surface area (Å²) in [5, 5.41) is 17.4. The van der Waals surface area contributed by atoms with Gasteiger partial charge in [0, 0.05) is 19.8 Å². The van der Waals surface area contributed by atoms with Crippen molar-refractivity contribution in [3.8, 4) is 0 Å².